The zero-order chi connectivity index (χ0) is 16.1. The van der Waals surface area contributed by atoms with Gasteiger partial charge in [0.1, 0.15) is 5.75 Å². The maximum atomic E-state index is 12.6. The normalized spacial score (nSPS) is 22.7. The quantitative estimate of drug-likeness (QED) is 0.856. The lowest BCUT2D eigenvalue weighted by molar-refractivity contribution is -0.151. The standard InChI is InChI=1S/C17H22N2O3/c1-4-15-11-21-12(2)10-19(15)17(20)13(3)22-16-7-5-14(9-18)6-8-16/h5-8,12-13,15H,4,10-11H2,1-3H3. The van der Waals surface area contributed by atoms with Gasteiger partial charge in [0.15, 0.2) is 6.10 Å². The third-order valence-electron chi connectivity index (χ3n) is 3.87. The van der Waals surface area contributed by atoms with Crippen molar-refractivity contribution < 1.29 is 14.3 Å². The maximum Gasteiger partial charge on any atom is 0.263 e. The van der Waals surface area contributed by atoms with Gasteiger partial charge in [-0.15, -0.1) is 0 Å². The molecule has 118 valence electrons. The second kappa shape index (κ2) is 7.28. The maximum absolute atomic E-state index is 12.6. The van der Waals surface area contributed by atoms with Gasteiger partial charge in [-0.2, -0.15) is 5.26 Å². The highest BCUT2D eigenvalue weighted by Crippen LogP contribution is 2.19. The van der Waals surface area contributed by atoms with E-state index in [9.17, 15) is 4.79 Å². The largest absolute Gasteiger partial charge is 0.481 e. The number of morpholine rings is 1. The molecule has 5 nitrogen and oxygen atoms in total. The molecule has 0 aliphatic carbocycles. The summed E-state index contributed by atoms with van der Waals surface area (Å²) in [5.74, 6) is 0.570. The number of nitrogens with zero attached hydrogens (tertiary/aromatic N) is 2. The number of carbonyl (C=O) groups excluding carboxylic acids is 1. The van der Waals surface area contributed by atoms with E-state index in [4.69, 9.17) is 14.7 Å². The van der Waals surface area contributed by atoms with Crippen molar-refractivity contribution in [1.29, 1.82) is 5.26 Å². The van der Waals surface area contributed by atoms with Gasteiger partial charge in [-0.1, -0.05) is 6.92 Å². The zero-order valence-corrected chi connectivity index (χ0v) is 13.3. The molecule has 0 saturated carbocycles. The second-order valence-corrected chi connectivity index (χ2v) is 5.59. The highest BCUT2D eigenvalue weighted by Gasteiger charge is 2.32. The fourth-order valence-corrected chi connectivity index (χ4v) is 2.55. The average Bonchev–Trinajstić information content (AvgIpc) is 2.54. The molecule has 1 saturated heterocycles. The van der Waals surface area contributed by atoms with E-state index < -0.39 is 6.10 Å². The van der Waals surface area contributed by atoms with E-state index in [2.05, 4.69) is 13.0 Å². The molecule has 1 aromatic carbocycles. The first-order valence-electron chi connectivity index (χ1n) is 7.64. The van der Waals surface area contributed by atoms with Gasteiger partial charge in [0, 0.05) is 6.54 Å². The molecule has 2 rings (SSSR count). The van der Waals surface area contributed by atoms with E-state index in [0.717, 1.165) is 6.42 Å². The van der Waals surface area contributed by atoms with Gasteiger partial charge in [0.05, 0.1) is 30.4 Å². The van der Waals surface area contributed by atoms with Crippen molar-refractivity contribution in [3.8, 4) is 11.8 Å². The molecule has 1 aliphatic rings. The Morgan fingerprint density at radius 1 is 1.50 bits per heavy atom. The molecule has 3 unspecified atom stereocenters. The Balaban J connectivity index is 2.02. The summed E-state index contributed by atoms with van der Waals surface area (Å²) in [6.07, 6.45) is 0.350. The molecule has 0 aromatic heterocycles. The fourth-order valence-electron chi connectivity index (χ4n) is 2.55. The van der Waals surface area contributed by atoms with E-state index in [1.807, 2.05) is 11.8 Å². The molecule has 3 atom stereocenters. The minimum absolute atomic E-state index is 0.0219. The Labute approximate surface area is 131 Å². The highest BCUT2D eigenvalue weighted by molar-refractivity contribution is 5.81. The predicted molar refractivity (Wildman–Crippen MR) is 82.5 cm³/mol. The lowest BCUT2D eigenvalue weighted by Crippen LogP contribution is -2.54. The molecule has 0 spiro atoms. The summed E-state index contributed by atoms with van der Waals surface area (Å²) < 4.78 is 11.3. The van der Waals surface area contributed by atoms with Crippen molar-refractivity contribution in [2.24, 2.45) is 0 Å². The van der Waals surface area contributed by atoms with Gasteiger partial charge in [-0.05, 0) is 44.5 Å². The number of nitriles is 1. The molecule has 1 fully saturated rings. The Morgan fingerprint density at radius 3 is 2.77 bits per heavy atom. The number of ether oxygens (including phenoxy) is 2. The molecule has 1 aliphatic heterocycles. The molecule has 22 heavy (non-hydrogen) atoms. The summed E-state index contributed by atoms with van der Waals surface area (Å²) in [5.41, 5.74) is 0.569. The second-order valence-electron chi connectivity index (χ2n) is 5.59. The molecule has 0 radical (unpaired) electrons. The van der Waals surface area contributed by atoms with Gasteiger partial charge in [-0.25, -0.2) is 0 Å². The van der Waals surface area contributed by atoms with Crippen LogP contribution in [0.5, 0.6) is 5.75 Å². The lowest BCUT2D eigenvalue weighted by Gasteiger charge is -2.39. The third-order valence-corrected chi connectivity index (χ3v) is 3.87. The average molecular weight is 302 g/mol. The lowest BCUT2D eigenvalue weighted by atomic mass is 10.1. The summed E-state index contributed by atoms with van der Waals surface area (Å²) in [6.45, 7) is 6.95. The third kappa shape index (κ3) is 3.77. The Kier molecular flexibility index (Phi) is 5.40. The van der Waals surface area contributed by atoms with Crippen LogP contribution in [0.4, 0.5) is 0 Å². The minimum Gasteiger partial charge on any atom is -0.481 e. The molecule has 1 aromatic rings. The number of hydrogen-bond acceptors (Lipinski definition) is 4. The van der Waals surface area contributed by atoms with Crippen LogP contribution < -0.4 is 4.74 Å². The van der Waals surface area contributed by atoms with Gasteiger partial charge in [0.25, 0.3) is 5.91 Å². The summed E-state index contributed by atoms with van der Waals surface area (Å²) in [7, 11) is 0. The smallest absolute Gasteiger partial charge is 0.263 e. The Hall–Kier alpha value is -2.06. The van der Waals surface area contributed by atoms with E-state index in [0.29, 0.717) is 24.5 Å². The van der Waals surface area contributed by atoms with Crippen molar-refractivity contribution in [3.63, 3.8) is 0 Å². The van der Waals surface area contributed by atoms with Crippen molar-refractivity contribution in [2.45, 2.75) is 45.4 Å². The van der Waals surface area contributed by atoms with Crippen LogP contribution in [0.2, 0.25) is 0 Å². The SMILES string of the molecule is CCC1COC(C)CN1C(=O)C(C)Oc1ccc(C#N)cc1. The molecule has 0 bridgehead atoms. The van der Waals surface area contributed by atoms with E-state index in [1.54, 1.807) is 31.2 Å². The minimum atomic E-state index is -0.563. The fraction of sp³-hybridized carbons (Fsp3) is 0.529. The molecular weight excluding hydrogens is 280 g/mol. The number of benzene rings is 1. The topological polar surface area (TPSA) is 62.6 Å². The van der Waals surface area contributed by atoms with E-state index >= 15 is 0 Å². The van der Waals surface area contributed by atoms with Crippen LogP contribution in [0.1, 0.15) is 32.8 Å². The van der Waals surface area contributed by atoms with Crippen LogP contribution in [0.25, 0.3) is 0 Å². The van der Waals surface area contributed by atoms with Crippen LogP contribution in [0, 0.1) is 11.3 Å². The highest BCUT2D eigenvalue weighted by atomic mass is 16.5. The monoisotopic (exact) mass is 302 g/mol. The van der Waals surface area contributed by atoms with Crippen LogP contribution in [-0.4, -0.2) is 42.2 Å². The van der Waals surface area contributed by atoms with Crippen LogP contribution in [0.15, 0.2) is 24.3 Å². The zero-order valence-electron chi connectivity index (χ0n) is 13.3. The van der Waals surface area contributed by atoms with Crippen molar-refractivity contribution in [3.05, 3.63) is 29.8 Å². The van der Waals surface area contributed by atoms with Crippen molar-refractivity contribution >= 4 is 5.91 Å². The summed E-state index contributed by atoms with van der Waals surface area (Å²) >= 11 is 0. The Morgan fingerprint density at radius 2 is 2.18 bits per heavy atom. The number of hydrogen-bond donors (Lipinski definition) is 0. The summed E-state index contributed by atoms with van der Waals surface area (Å²) in [5, 5.41) is 8.79. The first kappa shape index (κ1) is 16.3. The molecular formula is C17H22N2O3. The molecule has 1 amide bonds. The van der Waals surface area contributed by atoms with Crippen LogP contribution in [0.3, 0.4) is 0 Å². The Bertz CT molecular complexity index is 550. The van der Waals surface area contributed by atoms with E-state index in [-0.39, 0.29) is 18.1 Å². The molecule has 0 N–H and O–H groups in total. The van der Waals surface area contributed by atoms with Gasteiger partial charge >= 0.3 is 0 Å². The van der Waals surface area contributed by atoms with Gasteiger partial charge in [0.2, 0.25) is 0 Å². The molecule has 5 heteroatoms. The van der Waals surface area contributed by atoms with Gasteiger partial charge < -0.3 is 14.4 Å². The first-order valence-corrected chi connectivity index (χ1v) is 7.64. The summed E-state index contributed by atoms with van der Waals surface area (Å²) in [6, 6.07) is 8.94. The summed E-state index contributed by atoms with van der Waals surface area (Å²) in [4.78, 5) is 14.5. The van der Waals surface area contributed by atoms with Crippen molar-refractivity contribution in [1.82, 2.24) is 4.90 Å². The van der Waals surface area contributed by atoms with Crippen molar-refractivity contribution in [2.75, 3.05) is 13.2 Å². The number of rotatable bonds is 4. The van der Waals surface area contributed by atoms with E-state index in [1.165, 1.54) is 0 Å². The first-order chi connectivity index (χ1) is 10.5. The van der Waals surface area contributed by atoms with Crippen LogP contribution in [-0.2, 0) is 9.53 Å². The number of carbonyl (C=O) groups is 1. The number of amides is 1. The molecule has 1 heterocycles. The predicted octanol–water partition coefficient (Wildman–Crippen LogP) is 2.35. The van der Waals surface area contributed by atoms with Crippen LogP contribution >= 0.6 is 0 Å². The van der Waals surface area contributed by atoms with Gasteiger partial charge in [-0.3, -0.25) is 4.79 Å².